The molecule has 0 saturated carbocycles. The van der Waals surface area contributed by atoms with Gasteiger partial charge in [-0.05, 0) is 19.1 Å². The number of para-hydroxylation sites is 1. The second kappa shape index (κ2) is 4.79. The van der Waals surface area contributed by atoms with E-state index >= 15 is 0 Å². The number of hydrogen-bond donors (Lipinski definition) is 1. The topological polar surface area (TPSA) is 70.2 Å². The number of imidazole rings is 1. The van der Waals surface area contributed by atoms with Crippen molar-refractivity contribution in [2.75, 3.05) is 5.32 Å². The Morgan fingerprint density at radius 3 is 2.95 bits per heavy atom. The Morgan fingerprint density at radius 2 is 2.20 bits per heavy atom. The van der Waals surface area contributed by atoms with E-state index in [2.05, 4.69) is 10.3 Å². The molecule has 0 bridgehead atoms. The number of nitrogens with one attached hydrogen (secondary N) is 1. The molecule has 1 amide bonds. The Balaban J connectivity index is 1.89. The molecule has 1 N–H and O–H groups in total. The number of thiazole rings is 1. The van der Waals surface area contributed by atoms with Gasteiger partial charge in [0.15, 0.2) is 4.96 Å². The first-order valence-corrected chi connectivity index (χ1v) is 6.74. The lowest BCUT2D eigenvalue weighted by Gasteiger charge is -2.04. The molecule has 0 radical (unpaired) electrons. The van der Waals surface area contributed by atoms with Gasteiger partial charge in [-0.15, -0.1) is 11.3 Å². The molecule has 98 valence electrons. The average Bonchev–Trinajstić information content (AvgIpc) is 2.96. The summed E-state index contributed by atoms with van der Waals surface area (Å²) < 4.78 is 1.82. The summed E-state index contributed by atoms with van der Waals surface area (Å²) in [6.07, 6.45) is 3.61. The smallest absolute Gasteiger partial charge is 0.275 e. The molecule has 0 aliphatic heterocycles. The molecule has 0 unspecified atom stereocenters. The third-order valence-corrected chi connectivity index (χ3v) is 3.71. The van der Waals surface area contributed by atoms with Crippen molar-refractivity contribution < 1.29 is 4.79 Å². The quantitative estimate of drug-likeness (QED) is 0.785. The number of fused-ring (bicyclic) bond motifs is 1. The molecule has 0 aliphatic rings. The maximum absolute atomic E-state index is 12.1. The van der Waals surface area contributed by atoms with Gasteiger partial charge in [0.05, 0.1) is 11.3 Å². The number of nitriles is 1. The average molecular weight is 282 g/mol. The summed E-state index contributed by atoms with van der Waals surface area (Å²) in [5, 5.41) is 11.7. The molecule has 0 fully saturated rings. The van der Waals surface area contributed by atoms with Crippen LogP contribution in [0, 0.1) is 18.3 Å². The Bertz CT molecular complexity index is 809. The zero-order valence-corrected chi connectivity index (χ0v) is 11.4. The predicted molar refractivity (Wildman–Crippen MR) is 76.9 cm³/mol. The van der Waals surface area contributed by atoms with Crippen LogP contribution in [-0.4, -0.2) is 15.3 Å². The maximum atomic E-state index is 12.1. The Kier molecular flexibility index (Phi) is 2.97. The van der Waals surface area contributed by atoms with E-state index in [9.17, 15) is 4.79 Å². The largest absolute Gasteiger partial charge is 0.319 e. The van der Waals surface area contributed by atoms with Gasteiger partial charge in [-0.1, -0.05) is 12.1 Å². The first-order valence-electron chi connectivity index (χ1n) is 5.93. The van der Waals surface area contributed by atoms with E-state index in [4.69, 9.17) is 5.26 Å². The van der Waals surface area contributed by atoms with Crippen molar-refractivity contribution in [1.29, 1.82) is 5.26 Å². The fraction of sp³-hybridized carbons (Fsp3) is 0.0714. The van der Waals surface area contributed by atoms with Crippen molar-refractivity contribution in [2.24, 2.45) is 0 Å². The molecule has 2 aromatic heterocycles. The van der Waals surface area contributed by atoms with Crippen molar-refractivity contribution >= 4 is 27.9 Å². The molecule has 20 heavy (non-hydrogen) atoms. The fourth-order valence-electron chi connectivity index (χ4n) is 1.90. The van der Waals surface area contributed by atoms with Crippen LogP contribution in [0.15, 0.2) is 36.7 Å². The summed E-state index contributed by atoms with van der Waals surface area (Å²) in [5.41, 5.74) is 1.26. The number of carbonyl (C=O) groups is 1. The molecular weight excluding hydrogens is 272 g/mol. The van der Waals surface area contributed by atoms with Gasteiger partial charge in [0.1, 0.15) is 11.8 Å². The zero-order chi connectivity index (χ0) is 14.1. The second-order valence-electron chi connectivity index (χ2n) is 4.27. The minimum atomic E-state index is -0.318. The van der Waals surface area contributed by atoms with Gasteiger partial charge in [0.25, 0.3) is 5.91 Å². The van der Waals surface area contributed by atoms with Crippen LogP contribution in [0.3, 0.4) is 0 Å². The Labute approximate surface area is 119 Å². The summed E-state index contributed by atoms with van der Waals surface area (Å²) in [5.74, 6) is -0.318. The van der Waals surface area contributed by atoms with E-state index in [0.717, 1.165) is 9.84 Å². The number of benzene rings is 1. The SMILES string of the molecule is Cc1cn2cc(C(=O)Nc3ccccc3C#N)nc2s1. The molecule has 5 nitrogen and oxygen atoms in total. The number of aryl methyl sites for hydroxylation is 1. The van der Waals surface area contributed by atoms with E-state index in [1.165, 1.54) is 11.3 Å². The van der Waals surface area contributed by atoms with Crippen molar-refractivity contribution in [3.8, 4) is 6.07 Å². The monoisotopic (exact) mass is 282 g/mol. The van der Waals surface area contributed by atoms with Crippen molar-refractivity contribution in [3.05, 3.63) is 52.8 Å². The second-order valence-corrected chi connectivity index (χ2v) is 5.48. The normalized spacial score (nSPS) is 10.4. The van der Waals surface area contributed by atoms with E-state index in [-0.39, 0.29) is 5.91 Å². The molecule has 0 atom stereocenters. The number of amides is 1. The molecule has 0 spiro atoms. The number of anilines is 1. The van der Waals surface area contributed by atoms with Gasteiger partial charge in [-0.25, -0.2) is 4.98 Å². The molecule has 1 aromatic carbocycles. The van der Waals surface area contributed by atoms with Crippen LogP contribution in [0.5, 0.6) is 0 Å². The fourth-order valence-corrected chi connectivity index (χ4v) is 2.71. The van der Waals surface area contributed by atoms with Crippen molar-refractivity contribution in [2.45, 2.75) is 6.92 Å². The molecule has 0 aliphatic carbocycles. The highest BCUT2D eigenvalue weighted by Gasteiger charge is 2.13. The summed E-state index contributed by atoms with van der Waals surface area (Å²) in [6, 6.07) is 8.92. The van der Waals surface area contributed by atoms with E-state index in [1.807, 2.05) is 23.6 Å². The van der Waals surface area contributed by atoms with Crippen LogP contribution in [0.1, 0.15) is 20.9 Å². The van der Waals surface area contributed by atoms with Crippen LogP contribution in [0.4, 0.5) is 5.69 Å². The van der Waals surface area contributed by atoms with Crippen molar-refractivity contribution in [1.82, 2.24) is 9.38 Å². The first kappa shape index (κ1) is 12.4. The van der Waals surface area contributed by atoms with Crippen LogP contribution >= 0.6 is 11.3 Å². The molecule has 2 heterocycles. The predicted octanol–water partition coefficient (Wildman–Crippen LogP) is 2.83. The van der Waals surface area contributed by atoms with E-state index in [1.54, 1.807) is 30.5 Å². The van der Waals surface area contributed by atoms with Gasteiger partial charge in [0, 0.05) is 17.3 Å². The maximum Gasteiger partial charge on any atom is 0.275 e. The number of rotatable bonds is 2. The first-order chi connectivity index (χ1) is 9.67. The molecule has 3 aromatic rings. The molecular formula is C14H10N4OS. The van der Waals surface area contributed by atoms with Crippen molar-refractivity contribution in [3.63, 3.8) is 0 Å². The molecule has 0 saturated heterocycles. The molecule has 3 rings (SSSR count). The van der Waals surface area contributed by atoms with Crippen LogP contribution in [0.2, 0.25) is 0 Å². The lowest BCUT2D eigenvalue weighted by atomic mass is 10.2. The Morgan fingerprint density at radius 1 is 1.40 bits per heavy atom. The number of aromatic nitrogens is 2. The lowest BCUT2D eigenvalue weighted by molar-refractivity contribution is 0.102. The van der Waals surface area contributed by atoms with Crippen LogP contribution < -0.4 is 5.32 Å². The van der Waals surface area contributed by atoms with E-state index < -0.39 is 0 Å². The highest BCUT2D eigenvalue weighted by Crippen LogP contribution is 2.18. The summed E-state index contributed by atoms with van der Waals surface area (Å²) in [6.45, 7) is 1.99. The number of hydrogen-bond acceptors (Lipinski definition) is 4. The van der Waals surface area contributed by atoms with Gasteiger partial charge >= 0.3 is 0 Å². The zero-order valence-electron chi connectivity index (χ0n) is 10.6. The highest BCUT2D eigenvalue weighted by molar-refractivity contribution is 7.17. The Hall–Kier alpha value is -2.65. The number of carbonyl (C=O) groups excluding carboxylic acids is 1. The van der Waals surface area contributed by atoms with Crippen LogP contribution in [0.25, 0.3) is 4.96 Å². The van der Waals surface area contributed by atoms with E-state index in [0.29, 0.717) is 16.9 Å². The standard InChI is InChI=1S/C14H10N4OS/c1-9-7-18-8-12(17-14(18)20-9)13(19)16-11-5-3-2-4-10(11)6-15/h2-5,7-8H,1H3,(H,16,19). The third kappa shape index (κ3) is 2.15. The summed E-state index contributed by atoms with van der Waals surface area (Å²) in [7, 11) is 0. The van der Waals surface area contributed by atoms with Gasteiger partial charge in [-0.3, -0.25) is 9.20 Å². The molecule has 6 heteroatoms. The third-order valence-electron chi connectivity index (χ3n) is 2.80. The minimum absolute atomic E-state index is 0.318. The highest BCUT2D eigenvalue weighted by atomic mass is 32.1. The van der Waals surface area contributed by atoms with Crippen LogP contribution in [-0.2, 0) is 0 Å². The van der Waals surface area contributed by atoms with Gasteiger partial charge in [0.2, 0.25) is 0 Å². The van der Waals surface area contributed by atoms with Gasteiger partial charge < -0.3 is 5.32 Å². The van der Waals surface area contributed by atoms with Gasteiger partial charge in [-0.2, -0.15) is 5.26 Å². The number of nitrogens with zero attached hydrogens (tertiary/aromatic N) is 3. The minimum Gasteiger partial charge on any atom is -0.319 e. The summed E-state index contributed by atoms with van der Waals surface area (Å²) >= 11 is 1.52. The lowest BCUT2D eigenvalue weighted by Crippen LogP contribution is -2.13. The summed E-state index contributed by atoms with van der Waals surface area (Å²) in [4.78, 5) is 18.3.